The van der Waals surface area contributed by atoms with Crippen LogP contribution in [0, 0.1) is 0 Å². The molecule has 0 bridgehead atoms. The molecule has 0 aromatic carbocycles. The van der Waals surface area contributed by atoms with Crippen molar-refractivity contribution in [3.8, 4) is 0 Å². The molecule has 82 valence electrons. The van der Waals surface area contributed by atoms with Crippen LogP contribution in [-0.2, 0) is 4.79 Å². The third-order valence-electron chi connectivity index (χ3n) is 2.62. The van der Waals surface area contributed by atoms with Gasteiger partial charge in [-0.15, -0.1) is 0 Å². The quantitative estimate of drug-likeness (QED) is 0.600. The number of carboxylic acid groups (broad SMARTS) is 1. The van der Waals surface area contributed by atoms with Crippen molar-refractivity contribution >= 4 is 17.7 Å². The Bertz CT molecular complexity index is 226. The van der Waals surface area contributed by atoms with Gasteiger partial charge in [-0.1, -0.05) is 0 Å². The number of rotatable bonds is 6. The monoisotopic (exact) mass is 219 g/mol. The summed E-state index contributed by atoms with van der Waals surface area (Å²) in [5.74, 6) is -1.18. The molecule has 1 atom stereocenters. The number of carbonyl (C=O) groups is 1. The zero-order valence-corrected chi connectivity index (χ0v) is 9.36. The highest BCUT2D eigenvalue weighted by Crippen LogP contribution is 2.46. The minimum absolute atomic E-state index is 0.102. The standard InChI is InChI=1S/C9H17NO3S/c1-8(13,7(11)12)5-10-6-9(14-2)3-4-9/h10,13H,3-6H2,1-2H3,(H,11,12). The molecule has 0 spiro atoms. The molecule has 3 N–H and O–H groups in total. The van der Waals surface area contributed by atoms with Crippen LogP contribution < -0.4 is 5.32 Å². The lowest BCUT2D eigenvalue weighted by molar-refractivity contribution is -0.156. The highest BCUT2D eigenvalue weighted by Gasteiger charge is 2.42. The van der Waals surface area contributed by atoms with Crippen LogP contribution in [0.3, 0.4) is 0 Å². The van der Waals surface area contributed by atoms with Crippen LogP contribution in [0.5, 0.6) is 0 Å². The Morgan fingerprint density at radius 2 is 2.21 bits per heavy atom. The maximum Gasteiger partial charge on any atom is 0.336 e. The first-order chi connectivity index (χ1) is 6.42. The number of aliphatic hydroxyl groups is 1. The topological polar surface area (TPSA) is 69.6 Å². The summed E-state index contributed by atoms with van der Waals surface area (Å²) in [4.78, 5) is 10.6. The second kappa shape index (κ2) is 4.08. The summed E-state index contributed by atoms with van der Waals surface area (Å²) in [5, 5.41) is 21.1. The molecule has 0 aromatic rings. The van der Waals surface area contributed by atoms with Crippen molar-refractivity contribution in [1.29, 1.82) is 0 Å². The van der Waals surface area contributed by atoms with Crippen LogP contribution >= 0.6 is 11.8 Å². The molecule has 0 aromatic heterocycles. The first-order valence-electron chi connectivity index (χ1n) is 4.64. The van der Waals surface area contributed by atoms with Crippen molar-refractivity contribution in [2.75, 3.05) is 19.3 Å². The SMILES string of the molecule is CSC1(CNCC(C)(O)C(=O)O)CC1. The summed E-state index contributed by atoms with van der Waals surface area (Å²) in [6.45, 7) is 2.18. The second-order valence-corrected chi connectivity index (χ2v) is 5.34. The van der Waals surface area contributed by atoms with Gasteiger partial charge in [0.15, 0.2) is 5.60 Å². The maximum absolute atomic E-state index is 10.6. The summed E-state index contributed by atoms with van der Waals surface area (Å²) >= 11 is 1.81. The summed E-state index contributed by atoms with van der Waals surface area (Å²) in [7, 11) is 0. The summed E-state index contributed by atoms with van der Waals surface area (Å²) in [5.41, 5.74) is -1.66. The van der Waals surface area contributed by atoms with E-state index >= 15 is 0 Å². The third-order valence-corrected chi connectivity index (χ3v) is 4.04. The van der Waals surface area contributed by atoms with E-state index in [0.29, 0.717) is 4.75 Å². The van der Waals surface area contributed by atoms with Crippen molar-refractivity contribution in [2.45, 2.75) is 30.1 Å². The van der Waals surface area contributed by atoms with Crippen molar-refractivity contribution < 1.29 is 15.0 Å². The molecule has 1 fully saturated rings. The lowest BCUT2D eigenvalue weighted by Crippen LogP contribution is -2.46. The van der Waals surface area contributed by atoms with E-state index in [-0.39, 0.29) is 6.54 Å². The number of carboxylic acids is 1. The largest absolute Gasteiger partial charge is 0.479 e. The molecular formula is C9H17NO3S. The van der Waals surface area contributed by atoms with Crippen LogP contribution in [0.25, 0.3) is 0 Å². The number of hydrogen-bond donors (Lipinski definition) is 3. The molecule has 0 radical (unpaired) electrons. The van der Waals surface area contributed by atoms with E-state index in [0.717, 1.165) is 6.54 Å². The fourth-order valence-corrected chi connectivity index (χ4v) is 1.96. The molecule has 1 saturated carbocycles. The highest BCUT2D eigenvalue weighted by atomic mass is 32.2. The molecule has 5 heteroatoms. The van der Waals surface area contributed by atoms with Gasteiger partial charge in [-0.05, 0) is 26.0 Å². The van der Waals surface area contributed by atoms with Crippen LogP contribution in [0.2, 0.25) is 0 Å². The lowest BCUT2D eigenvalue weighted by atomic mass is 10.1. The van der Waals surface area contributed by atoms with E-state index in [1.54, 1.807) is 11.8 Å². The van der Waals surface area contributed by atoms with E-state index in [4.69, 9.17) is 5.11 Å². The Morgan fingerprint density at radius 3 is 2.57 bits per heavy atom. The average molecular weight is 219 g/mol. The summed E-state index contributed by atoms with van der Waals surface area (Å²) < 4.78 is 0.300. The maximum atomic E-state index is 10.6. The number of nitrogens with one attached hydrogen (secondary N) is 1. The first-order valence-corrected chi connectivity index (χ1v) is 5.86. The summed E-state index contributed by atoms with van der Waals surface area (Å²) in [6.07, 6.45) is 4.41. The van der Waals surface area contributed by atoms with E-state index in [1.807, 2.05) is 0 Å². The normalized spacial score (nSPS) is 22.8. The van der Waals surface area contributed by atoms with Gasteiger partial charge in [0.25, 0.3) is 0 Å². The van der Waals surface area contributed by atoms with Gasteiger partial charge >= 0.3 is 5.97 Å². The van der Waals surface area contributed by atoms with Gasteiger partial charge in [0, 0.05) is 17.8 Å². The molecular weight excluding hydrogens is 202 g/mol. The Labute approximate surface area is 88.1 Å². The summed E-state index contributed by atoms with van der Waals surface area (Å²) in [6, 6.07) is 0. The van der Waals surface area contributed by atoms with Gasteiger partial charge in [0.05, 0.1) is 0 Å². The highest BCUT2D eigenvalue weighted by molar-refractivity contribution is 8.00. The minimum Gasteiger partial charge on any atom is -0.479 e. The lowest BCUT2D eigenvalue weighted by Gasteiger charge is -2.20. The van der Waals surface area contributed by atoms with Gasteiger partial charge in [-0.25, -0.2) is 4.79 Å². The van der Waals surface area contributed by atoms with Gasteiger partial charge in [0.1, 0.15) is 0 Å². The molecule has 0 aliphatic heterocycles. The van der Waals surface area contributed by atoms with Gasteiger partial charge in [-0.2, -0.15) is 11.8 Å². The molecule has 1 aliphatic carbocycles. The van der Waals surface area contributed by atoms with Crippen LogP contribution in [0.4, 0.5) is 0 Å². The fraction of sp³-hybridized carbons (Fsp3) is 0.889. The van der Waals surface area contributed by atoms with Gasteiger partial charge < -0.3 is 15.5 Å². The first kappa shape index (κ1) is 11.8. The van der Waals surface area contributed by atoms with E-state index in [1.165, 1.54) is 19.8 Å². The molecule has 0 amide bonds. The predicted molar refractivity (Wildman–Crippen MR) is 56.6 cm³/mol. The van der Waals surface area contributed by atoms with Gasteiger partial charge in [-0.3, -0.25) is 0 Å². The Balaban J connectivity index is 2.24. The smallest absolute Gasteiger partial charge is 0.336 e. The molecule has 0 heterocycles. The average Bonchev–Trinajstić information content (AvgIpc) is 2.85. The fourth-order valence-electron chi connectivity index (χ4n) is 1.20. The predicted octanol–water partition coefficient (Wildman–Crippen LogP) is 0.307. The zero-order chi connectivity index (χ0) is 10.8. The molecule has 4 nitrogen and oxygen atoms in total. The van der Waals surface area contributed by atoms with Crippen molar-refractivity contribution in [3.63, 3.8) is 0 Å². The van der Waals surface area contributed by atoms with E-state index in [9.17, 15) is 9.90 Å². The Kier molecular flexibility index (Phi) is 3.44. The van der Waals surface area contributed by atoms with Gasteiger partial charge in [0.2, 0.25) is 0 Å². The minimum atomic E-state index is -1.66. The molecule has 1 aliphatic rings. The zero-order valence-electron chi connectivity index (χ0n) is 8.54. The Morgan fingerprint density at radius 1 is 1.64 bits per heavy atom. The number of aliphatic carboxylic acids is 1. The second-order valence-electron chi connectivity index (χ2n) is 4.07. The number of hydrogen-bond acceptors (Lipinski definition) is 4. The van der Waals surface area contributed by atoms with Crippen molar-refractivity contribution in [3.05, 3.63) is 0 Å². The molecule has 14 heavy (non-hydrogen) atoms. The molecule has 1 rings (SSSR count). The third kappa shape index (κ3) is 2.87. The Hall–Kier alpha value is -0.260. The van der Waals surface area contributed by atoms with E-state index < -0.39 is 11.6 Å². The number of thioether (sulfide) groups is 1. The van der Waals surface area contributed by atoms with Crippen molar-refractivity contribution in [2.24, 2.45) is 0 Å². The van der Waals surface area contributed by atoms with Crippen LogP contribution in [0.1, 0.15) is 19.8 Å². The molecule has 0 saturated heterocycles. The van der Waals surface area contributed by atoms with E-state index in [2.05, 4.69) is 11.6 Å². The van der Waals surface area contributed by atoms with Crippen LogP contribution in [-0.4, -0.2) is 45.9 Å². The van der Waals surface area contributed by atoms with Crippen molar-refractivity contribution in [1.82, 2.24) is 5.32 Å². The van der Waals surface area contributed by atoms with Crippen LogP contribution in [0.15, 0.2) is 0 Å². The molecule has 1 unspecified atom stereocenters.